The normalized spacial score (nSPS) is 14.5. The van der Waals surface area contributed by atoms with E-state index in [1.807, 2.05) is 36.4 Å². The highest BCUT2D eigenvalue weighted by Gasteiger charge is 2.25. The number of pyridine rings is 1. The number of carbonyl (C=O) groups is 2. The van der Waals surface area contributed by atoms with E-state index in [1.165, 1.54) is 0 Å². The monoisotopic (exact) mass is 418 g/mol. The number of hydrogen-bond donors (Lipinski definition) is 1. The smallest absolute Gasteiger partial charge is 0.296 e. The molecule has 1 aliphatic heterocycles. The average Bonchev–Trinajstić information content (AvgIpc) is 3.09. The first-order chi connectivity index (χ1) is 14.9. The maximum atomic E-state index is 12.9. The van der Waals surface area contributed by atoms with Gasteiger partial charge >= 0.3 is 0 Å². The van der Waals surface area contributed by atoms with Crippen molar-refractivity contribution < 1.29 is 9.59 Å². The van der Waals surface area contributed by atoms with Gasteiger partial charge in [0.15, 0.2) is 0 Å². The number of piperazine rings is 1. The van der Waals surface area contributed by atoms with Crippen LogP contribution >= 0.6 is 0 Å². The van der Waals surface area contributed by atoms with Gasteiger partial charge in [0.25, 0.3) is 11.7 Å². The zero-order valence-corrected chi connectivity index (χ0v) is 18.0. The number of benzene rings is 1. The van der Waals surface area contributed by atoms with Gasteiger partial charge in [0.1, 0.15) is 5.82 Å². The van der Waals surface area contributed by atoms with E-state index in [2.05, 4.69) is 32.2 Å². The quantitative estimate of drug-likeness (QED) is 0.506. The molecule has 1 amide bonds. The summed E-state index contributed by atoms with van der Waals surface area (Å²) in [5, 5.41) is 7.12. The summed E-state index contributed by atoms with van der Waals surface area (Å²) in [4.78, 5) is 34.5. The second kappa shape index (κ2) is 8.69. The van der Waals surface area contributed by atoms with E-state index < -0.39 is 11.7 Å². The summed E-state index contributed by atoms with van der Waals surface area (Å²) in [5.41, 5.74) is 2.80. The topological polar surface area (TPSA) is 83.4 Å². The highest BCUT2D eigenvalue weighted by molar-refractivity contribution is 6.47. The van der Waals surface area contributed by atoms with Gasteiger partial charge < -0.3 is 15.1 Å². The molecule has 1 saturated heterocycles. The van der Waals surface area contributed by atoms with Crippen molar-refractivity contribution in [1.82, 2.24) is 19.7 Å². The van der Waals surface area contributed by atoms with Crippen molar-refractivity contribution in [3.05, 3.63) is 65.6 Å². The highest BCUT2D eigenvalue weighted by atomic mass is 16.2. The van der Waals surface area contributed by atoms with Gasteiger partial charge in [-0.2, -0.15) is 5.10 Å². The van der Waals surface area contributed by atoms with E-state index in [-0.39, 0.29) is 0 Å². The molecule has 3 aromatic rings. The van der Waals surface area contributed by atoms with Crippen molar-refractivity contribution in [3.63, 3.8) is 0 Å². The lowest BCUT2D eigenvalue weighted by Gasteiger charge is -2.33. The van der Waals surface area contributed by atoms with Crippen LogP contribution in [0.2, 0.25) is 0 Å². The van der Waals surface area contributed by atoms with Crippen LogP contribution in [0.15, 0.2) is 48.7 Å². The van der Waals surface area contributed by atoms with Crippen molar-refractivity contribution in [3.8, 4) is 5.69 Å². The Hall–Kier alpha value is -3.52. The van der Waals surface area contributed by atoms with Crippen LogP contribution < -0.4 is 10.2 Å². The first-order valence-electron chi connectivity index (χ1n) is 10.3. The zero-order valence-electron chi connectivity index (χ0n) is 18.0. The van der Waals surface area contributed by atoms with Gasteiger partial charge in [0, 0.05) is 26.2 Å². The fourth-order valence-electron chi connectivity index (χ4n) is 3.78. The van der Waals surface area contributed by atoms with Crippen LogP contribution in [0, 0.1) is 13.8 Å². The molecule has 1 fully saturated rings. The number of carbonyl (C=O) groups excluding carboxylic acids is 2. The summed E-state index contributed by atoms with van der Waals surface area (Å²) in [6.07, 6.45) is 1.59. The van der Waals surface area contributed by atoms with Gasteiger partial charge in [-0.05, 0) is 45.2 Å². The number of aryl methyl sites for hydroxylation is 1. The van der Waals surface area contributed by atoms with E-state index in [1.54, 1.807) is 30.8 Å². The van der Waals surface area contributed by atoms with Crippen molar-refractivity contribution in [2.45, 2.75) is 13.8 Å². The van der Waals surface area contributed by atoms with Crippen molar-refractivity contribution >= 4 is 23.2 Å². The Morgan fingerprint density at radius 1 is 0.968 bits per heavy atom. The van der Waals surface area contributed by atoms with Crippen LogP contribution in [-0.2, 0) is 4.79 Å². The summed E-state index contributed by atoms with van der Waals surface area (Å²) in [6, 6.07) is 13.2. The third-order valence-electron chi connectivity index (χ3n) is 5.56. The number of rotatable bonds is 5. The molecule has 4 rings (SSSR count). The van der Waals surface area contributed by atoms with E-state index in [0.717, 1.165) is 37.7 Å². The molecule has 3 heterocycles. The minimum atomic E-state index is -0.701. The molecule has 1 N–H and O–H groups in total. The van der Waals surface area contributed by atoms with E-state index >= 15 is 0 Å². The first-order valence-corrected chi connectivity index (χ1v) is 10.3. The molecule has 1 aliphatic rings. The van der Waals surface area contributed by atoms with Gasteiger partial charge in [-0.1, -0.05) is 18.2 Å². The largest absolute Gasteiger partial charge is 0.354 e. The molecule has 0 unspecified atom stereocenters. The molecule has 8 nitrogen and oxygen atoms in total. The van der Waals surface area contributed by atoms with E-state index in [0.29, 0.717) is 22.6 Å². The number of nitrogens with one attached hydrogen (secondary N) is 1. The van der Waals surface area contributed by atoms with Crippen LogP contribution in [0.4, 0.5) is 11.5 Å². The Balaban J connectivity index is 1.47. The second-order valence-corrected chi connectivity index (χ2v) is 7.77. The van der Waals surface area contributed by atoms with E-state index in [9.17, 15) is 9.59 Å². The standard InChI is InChI=1S/C23H26N6O2/c1-16-21(17(2)29(26-16)19-7-5-4-6-8-19)22(30)23(31)25-18-9-10-20(24-15-18)28-13-11-27(3)12-14-28/h4-10,15H,11-14H2,1-3H3,(H,25,31). The fraction of sp³-hybridized carbons (Fsp3) is 0.304. The minimum Gasteiger partial charge on any atom is -0.354 e. The lowest BCUT2D eigenvalue weighted by Crippen LogP contribution is -2.44. The Bertz CT molecular complexity index is 1080. The third kappa shape index (κ3) is 4.34. The van der Waals surface area contributed by atoms with Crippen molar-refractivity contribution in [2.75, 3.05) is 43.4 Å². The molecule has 8 heteroatoms. The lowest BCUT2D eigenvalue weighted by atomic mass is 10.1. The van der Waals surface area contributed by atoms with Crippen LogP contribution in [0.3, 0.4) is 0 Å². The lowest BCUT2D eigenvalue weighted by molar-refractivity contribution is -0.112. The molecule has 31 heavy (non-hydrogen) atoms. The Kier molecular flexibility index (Phi) is 5.81. The molecule has 160 valence electrons. The highest BCUT2D eigenvalue weighted by Crippen LogP contribution is 2.20. The number of nitrogens with zero attached hydrogens (tertiary/aromatic N) is 5. The van der Waals surface area contributed by atoms with Gasteiger partial charge in [0.05, 0.1) is 34.5 Å². The van der Waals surface area contributed by atoms with Crippen molar-refractivity contribution in [1.29, 1.82) is 0 Å². The number of Topliss-reactive ketones (excluding diaryl/α,β-unsaturated/α-hetero) is 1. The van der Waals surface area contributed by atoms with Gasteiger partial charge in [-0.15, -0.1) is 0 Å². The summed E-state index contributed by atoms with van der Waals surface area (Å²) < 4.78 is 1.68. The number of hydrogen-bond acceptors (Lipinski definition) is 6. The number of aromatic nitrogens is 3. The Morgan fingerprint density at radius 3 is 2.32 bits per heavy atom. The molecular formula is C23H26N6O2. The summed E-state index contributed by atoms with van der Waals surface area (Å²) in [6.45, 7) is 7.34. The SMILES string of the molecule is Cc1nn(-c2ccccc2)c(C)c1C(=O)C(=O)Nc1ccc(N2CCN(C)CC2)nc1. The number of likely N-dealkylation sites (N-methyl/N-ethyl adjacent to an activating group) is 1. The van der Waals surface area contributed by atoms with E-state index in [4.69, 9.17) is 0 Å². The maximum absolute atomic E-state index is 12.9. The number of amides is 1. The van der Waals surface area contributed by atoms with Crippen molar-refractivity contribution in [2.24, 2.45) is 0 Å². The maximum Gasteiger partial charge on any atom is 0.296 e. The second-order valence-electron chi connectivity index (χ2n) is 7.77. The number of anilines is 2. The molecule has 0 saturated carbocycles. The Labute approximate surface area is 181 Å². The molecule has 0 bridgehead atoms. The number of ketones is 1. The van der Waals surface area contributed by atoms with Gasteiger partial charge in [0.2, 0.25) is 0 Å². The predicted octanol–water partition coefficient (Wildman–Crippen LogP) is 2.46. The number of para-hydroxylation sites is 1. The zero-order chi connectivity index (χ0) is 22.0. The molecule has 1 aromatic carbocycles. The summed E-state index contributed by atoms with van der Waals surface area (Å²) in [7, 11) is 2.10. The average molecular weight is 419 g/mol. The molecule has 0 aliphatic carbocycles. The summed E-state index contributed by atoms with van der Waals surface area (Å²) >= 11 is 0. The minimum absolute atomic E-state index is 0.323. The Morgan fingerprint density at radius 2 is 1.68 bits per heavy atom. The van der Waals surface area contributed by atoms with Crippen LogP contribution in [-0.4, -0.2) is 64.6 Å². The summed E-state index contributed by atoms with van der Waals surface area (Å²) in [5.74, 6) is -0.443. The fourth-order valence-corrected chi connectivity index (χ4v) is 3.78. The van der Waals surface area contributed by atoms with Crippen LogP contribution in [0.5, 0.6) is 0 Å². The van der Waals surface area contributed by atoms with Crippen LogP contribution in [0.1, 0.15) is 21.7 Å². The molecule has 0 radical (unpaired) electrons. The van der Waals surface area contributed by atoms with Gasteiger partial charge in [-0.25, -0.2) is 9.67 Å². The molecule has 2 aromatic heterocycles. The third-order valence-corrected chi connectivity index (χ3v) is 5.56. The molecule has 0 atom stereocenters. The first kappa shape index (κ1) is 20.7. The molecule has 0 spiro atoms. The van der Waals surface area contributed by atoms with Gasteiger partial charge in [-0.3, -0.25) is 9.59 Å². The molecular weight excluding hydrogens is 392 g/mol. The predicted molar refractivity (Wildman–Crippen MR) is 120 cm³/mol. The van der Waals surface area contributed by atoms with Crippen LogP contribution in [0.25, 0.3) is 5.69 Å².